The second-order valence-electron chi connectivity index (χ2n) is 6.60. The van der Waals surface area contributed by atoms with Gasteiger partial charge in [-0.2, -0.15) is 5.16 Å². The second-order valence-corrected chi connectivity index (χ2v) is 6.60. The second kappa shape index (κ2) is 5.73. The van der Waals surface area contributed by atoms with Crippen LogP contribution in [0.3, 0.4) is 0 Å². The Morgan fingerprint density at radius 3 is 2.68 bits per heavy atom. The van der Waals surface area contributed by atoms with Gasteiger partial charge in [-0.3, -0.25) is 9.59 Å². The molecule has 132 valence electrons. The van der Waals surface area contributed by atoms with Crippen LogP contribution in [0.1, 0.15) is 37.2 Å². The molecule has 0 amide bonds. The van der Waals surface area contributed by atoms with Crippen molar-refractivity contribution in [2.24, 2.45) is 5.73 Å². The number of nitrogens with zero attached hydrogens (tertiary/aromatic N) is 1. The highest BCUT2D eigenvalue weighted by Crippen LogP contribution is 2.35. The van der Waals surface area contributed by atoms with Gasteiger partial charge in [-0.25, -0.2) is 9.07 Å². The maximum atomic E-state index is 14.7. The molecular formula is C17H19FN4O3. The van der Waals surface area contributed by atoms with Crippen molar-refractivity contribution >= 4 is 22.0 Å². The molecule has 0 bridgehead atoms. The van der Waals surface area contributed by atoms with E-state index >= 15 is 0 Å². The first-order valence-electron chi connectivity index (χ1n) is 8.34. The van der Waals surface area contributed by atoms with Gasteiger partial charge in [0.2, 0.25) is 5.43 Å². The fraction of sp³-hybridized carbons (Fsp3) is 0.412. The number of benzene rings is 1. The molecule has 1 fully saturated rings. The maximum Gasteiger partial charge on any atom is 0.293 e. The zero-order valence-electron chi connectivity index (χ0n) is 13.8. The number of nitrogens with one attached hydrogen (secondary N) is 2. The molecular weight excluding hydrogens is 327 g/mol. The highest BCUT2D eigenvalue weighted by atomic mass is 19.1. The van der Waals surface area contributed by atoms with E-state index in [1.54, 1.807) is 13.1 Å². The number of H-pyrrole nitrogens is 1. The summed E-state index contributed by atoms with van der Waals surface area (Å²) >= 11 is 0. The van der Waals surface area contributed by atoms with Crippen molar-refractivity contribution in [1.29, 1.82) is 0 Å². The van der Waals surface area contributed by atoms with E-state index in [0.717, 1.165) is 25.7 Å². The van der Waals surface area contributed by atoms with Gasteiger partial charge < -0.3 is 15.7 Å². The summed E-state index contributed by atoms with van der Waals surface area (Å²) in [4.78, 5) is 24.5. The molecule has 25 heavy (non-hydrogen) atoms. The van der Waals surface area contributed by atoms with E-state index < -0.39 is 16.8 Å². The average molecular weight is 346 g/mol. The van der Waals surface area contributed by atoms with Crippen LogP contribution in [0.25, 0.3) is 22.0 Å². The van der Waals surface area contributed by atoms with Gasteiger partial charge in [0.05, 0.1) is 10.9 Å². The SMILES string of the molecule is CNn1c2cc(C3CCC(N)CC3)c(F)cc2c(=O)c2c(=O)[nH]oc21. The third kappa shape index (κ3) is 2.36. The van der Waals surface area contributed by atoms with Crippen LogP contribution in [0.4, 0.5) is 4.39 Å². The monoisotopic (exact) mass is 346 g/mol. The Labute approximate surface area is 141 Å². The van der Waals surface area contributed by atoms with Crippen molar-refractivity contribution in [1.82, 2.24) is 9.83 Å². The molecule has 7 nitrogen and oxygen atoms in total. The summed E-state index contributed by atoms with van der Waals surface area (Å²) in [7, 11) is 1.64. The molecule has 8 heteroatoms. The normalized spacial score (nSPS) is 21.1. The lowest BCUT2D eigenvalue weighted by Gasteiger charge is -2.27. The van der Waals surface area contributed by atoms with Gasteiger partial charge in [0.1, 0.15) is 5.82 Å². The Morgan fingerprint density at radius 1 is 1.28 bits per heavy atom. The third-order valence-corrected chi connectivity index (χ3v) is 5.15. The molecule has 0 radical (unpaired) electrons. The maximum absolute atomic E-state index is 14.7. The molecule has 1 aliphatic carbocycles. The fourth-order valence-corrected chi connectivity index (χ4v) is 3.81. The number of rotatable bonds is 2. The average Bonchev–Trinajstić information content (AvgIpc) is 2.98. The van der Waals surface area contributed by atoms with Crippen LogP contribution in [0, 0.1) is 5.82 Å². The number of fused-ring (bicyclic) bond motifs is 2. The smallest absolute Gasteiger partial charge is 0.293 e. The van der Waals surface area contributed by atoms with Crippen LogP contribution in [-0.4, -0.2) is 22.9 Å². The Bertz CT molecular complexity index is 1070. The molecule has 1 saturated carbocycles. The van der Waals surface area contributed by atoms with Crippen molar-refractivity contribution in [3.8, 4) is 0 Å². The van der Waals surface area contributed by atoms with Gasteiger partial charge in [-0.05, 0) is 49.3 Å². The number of halogens is 1. The number of hydrogen-bond donors (Lipinski definition) is 3. The van der Waals surface area contributed by atoms with Crippen LogP contribution in [0.5, 0.6) is 0 Å². The first-order chi connectivity index (χ1) is 12.0. The predicted octanol–water partition coefficient (Wildman–Crippen LogP) is 1.73. The Morgan fingerprint density at radius 2 is 2.00 bits per heavy atom. The van der Waals surface area contributed by atoms with Gasteiger partial charge in [0, 0.05) is 13.1 Å². The van der Waals surface area contributed by atoms with E-state index in [-0.39, 0.29) is 28.4 Å². The quantitative estimate of drug-likeness (QED) is 0.655. The molecule has 0 atom stereocenters. The molecule has 2 heterocycles. The topological polar surface area (TPSA) is 106 Å². The number of hydrogen-bond acceptors (Lipinski definition) is 5. The van der Waals surface area contributed by atoms with Crippen molar-refractivity contribution < 1.29 is 8.91 Å². The van der Waals surface area contributed by atoms with Gasteiger partial charge in [-0.15, -0.1) is 0 Å². The summed E-state index contributed by atoms with van der Waals surface area (Å²) in [5.74, 6) is -0.356. The van der Waals surface area contributed by atoms with E-state index in [1.807, 2.05) is 0 Å². The molecule has 0 unspecified atom stereocenters. The van der Waals surface area contributed by atoms with Crippen LogP contribution in [0.2, 0.25) is 0 Å². The fourth-order valence-electron chi connectivity index (χ4n) is 3.81. The minimum Gasteiger partial charge on any atom is -0.358 e. The Hall–Kier alpha value is -2.61. The van der Waals surface area contributed by atoms with E-state index in [2.05, 4.69) is 10.6 Å². The minimum atomic E-state index is -0.628. The lowest BCUT2D eigenvalue weighted by molar-refractivity contribution is 0.387. The highest BCUT2D eigenvalue weighted by molar-refractivity contribution is 5.91. The van der Waals surface area contributed by atoms with Crippen LogP contribution in [-0.2, 0) is 0 Å². The van der Waals surface area contributed by atoms with Crippen LogP contribution in [0.15, 0.2) is 26.2 Å². The molecule has 0 spiro atoms. The molecule has 4 N–H and O–H groups in total. The summed E-state index contributed by atoms with van der Waals surface area (Å²) in [5.41, 5.74) is 8.81. The van der Waals surface area contributed by atoms with Crippen LogP contribution >= 0.6 is 0 Å². The van der Waals surface area contributed by atoms with Crippen molar-refractivity contribution in [3.05, 3.63) is 44.1 Å². The minimum absolute atomic E-state index is 0.0681. The first-order valence-corrected chi connectivity index (χ1v) is 8.34. The standard InChI is InChI=1S/C17H19FN4O3/c1-20-22-13-7-10(8-2-4-9(19)5-3-8)12(18)6-11(13)15(23)14-16(24)21-25-17(14)22/h6-9,20H,2-5,19H2,1H3,(H,21,24). The highest BCUT2D eigenvalue weighted by Gasteiger charge is 2.25. The molecule has 3 aromatic rings. The summed E-state index contributed by atoms with van der Waals surface area (Å²) in [6.45, 7) is 0. The molecule has 0 saturated heterocycles. The van der Waals surface area contributed by atoms with E-state index in [0.29, 0.717) is 11.1 Å². The molecule has 4 rings (SSSR count). The number of pyridine rings is 1. The van der Waals surface area contributed by atoms with E-state index in [4.69, 9.17) is 10.3 Å². The molecule has 0 aliphatic heterocycles. The zero-order valence-corrected chi connectivity index (χ0v) is 13.8. The first kappa shape index (κ1) is 15.9. The molecule has 1 aliphatic rings. The summed E-state index contributed by atoms with van der Waals surface area (Å²) in [6.07, 6.45) is 3.34. The van der Waals surface area contributed by atoms with Gasteiger partial charge in [-0.1, -0.05) is 0 Å². The lowest BCUT2D eigenvalue weighted by atomic mass is 9.81. The van der Waals surface area contributed by atoms with Gasteiger partial charge in [0.15, 0.2) is 5.39 Å². The summed E-state index contributed by atoms with van der Waals surface area (Å²) in [6, 6.07) is 3.07. The van der Waals surface area contributed by atoms with Crippen molar-refractivity contribution in [2.75, 3.05) is 12.5 Å². The Balaban J connectivity index is 2.00. The molecule has 1 aromatic carbocycles. The third-order valence-electron chi connectivity index (χ3n) is 5.15. The number of nitrogens with two attached hydrogens (primary N) is 1. The largest absolute Gasteiger partial charge is 0.358 e. The number of aromatic nitrogens is 2. The van der Waals surface area contributed by atoms with E-state index in [9.17, 15) is 14.0 Å². The van der Waals surface area contributed by atoms with Crippen molar-refractivity contribution in [2.45, 2.75) is 37.6 Å². The summed E-state index contributed by atoms with van der Waals surface area (Å²) in [5, 5.41) is 2.18. The predicted molar refractivity (Wildman–Crippen MR) is 93.0 cm³/mol. The van der Waals surface area contributed by atoms with Gasteiger partial charge in [0.25, 0.3) is 11.3 Å². The van der Waals surface area contributed by atoms with E-state index in [1.165, 1.54) is 10.7 Å². The zero-order chi connectivity index (χ0) is 17.7. The van der Waals surface area contributed by atoms with Crippen LogP contribution < -0.4 is 22.1 Å². The molecule has 2 aromatic heterocycles. The summed E-state index contributed by atoms with van der Waals surface area (Å²) < 4.78 is 21.4. The number of aromatic amines is 1. The Kier molecular flexibility index (Phi) is 3.64. The lowest BCUT2D eigenvalue weighted by Crippen LogP contribution is -2.26. The van der Waals surface area contributed by atoms with Gasteiger partial charge >= 0.3 is 0 Å². The van der Waals surface area contributed by atoms with Crippen molar-refractivity contribution in [3.63, 3.8) is 0 Å².